The summed E-state index contributed by atoms with van der Waals surface area (Å²) in [6.45, 7) is 5.88. The highest BCUT2D eigenvalue weighted by Crippen LogP contribution is 2.15. The minimum absolute atomic E-state index is 0.413. The molecule has 0 saturated carbocycles. The van der Waals surface area contributed by atoms with Crippen LogP contribution in [0.3, 0.4) is 0 Å². The van der Waals surface area contributed by atoms with Crippen LogP contribution < -0.4 is 5.32 Å². The Labute approximate surface area is 117 Å². The Morgan fingerprint density at radius 2 is 2.32 bits per heavy atom. The lowest BCUT2D eigenvalue weighted by Gasteiger charge is -2.26. The van der Waals surface area contributed by atoms with Gasteiger partial charge in [0.2, 0.25) is 0 Å². The molecule has 0 aliphatic carbocycles. The number of likely N-dealkylation sites (tertiary alicyclic amines) is 1. The van der Waals surface area contributed by atoms with Gasteiger partial charge in [0.25, 0.3) is 0 Å². The summed E-state index contributed by atoms with van der Waals surface area (Å²) in [6.07, 6.45) is 4.18. The van der Waals surface area contributed by atoms with Gasteiger partial charge in [0.15, 0.2) is 0 Å². The van der Waals surface area contributed by atoms with Gasteiger partial charge in [-0.1, -0.05) is 6.92 Å². The van der Waals surface area contributed by atoms with E-state index in [0.29, 0.717) is 12.5 Å². The van der Waals surface area contributed by atoms with E-state index in [-0.39, 0.29) is 0 Å². The number of hydrogen-bond donors (Lipinski definition) is 2. The molecule has 1 aliphatic heterocycles. The van der Waals surface area contributed by atoms with Crippen LogP contribution in [0, 0.1) is 0 Å². The van der Waals surface area contributed by atoms with Crippen LogP contribution in [-0.4, -0.2) is 73.2 Å². The molecule has 1 rings (SSSR count). The predicted octanol–water partition coefficient (Wildman–Crippen LogP) is 0.855. The molecular formula is C14H29N3O2. The highest BCUT2D eigenvalue weighted by atomic mass is 16.4. The Morgan fingerprint density at radius 1 is 1.58 bits per heavy atom. The van der Waals surface area contributed by atoms with Crippen molar-refractivity contribution in [2.45, 2.75) is 44.7 Å². The van der Waals surface area contributed by atoms with E-state index < -0.39 is 12.0 Å². The van der Waals surface area contributed by atoms with Crippen LogP contribution in [0.5, 0.6) is 0 Å². The summed E-state index contributed by atoms with van der Waals surface area (Å²) >= 11 is 0. The Hall–Kier alpha value is -0.650. The third kappa shape index (κ3) is 5.89. The number of likely N-dealkylation sites (N-methyl/N-ethyl adjacent to an activating group) is 2. The topological polar surface area (TPSA) is 55.8 Å². The largest absolute Gasteiger partial charge is 0.480 e. The van der Waals surface area contributed by atoms with Gasteiger partial charge in [-0.15, -0.1) is 0 Å². The zero-order valence-corrected chi connectivity index (χ0v) is 12.6. The summed E-state index contributed by atoms with van der Waals surface area (Å²) in [5, 5.41) is 12.2. The van der Waals surface area contributed by atoms with E-state index in [1.54, 1.807) is 0 Å². The number of aliphatic carboxylic acids is 1. The number of carboxylic acid groups (broad SMARTS) is 1. The molecule has 112 valence electrons. The van der Waals surface area contributed by atoms with Crippen molar-refractivity contribution in [3.8, 4) is 0 Å². The van der Waals surface area contributed by atoms with Gasteiger partial charge in [-0.2, -0.15) is 0 Å². The Balaban J connectivity index is 2.26. The van der Waals surface area contributed by atoms with Gasteiger partial charge in [-0.25, -0.2) is 0 Å². The lowest BCUT2D eigenvalue weighted by molar-refractivity contribution is -0.139. The lowest BCUT2D eigenvalue weighted by Crippen LogP contribution is -2.42. The van der Waals surface area contributed by atoms with E-state index in [1.807, 2.05) is 6.92 Å². The average molecular weight is 271 g/mol. The van der Waals surface area contributed by atoms with Crippen molar-refractivity contribution in [1.82, 2.24) is 15.1 Å². The minimum atomic E-state index is -0.736. The standard InChI is InChI=1S/C14H29N3O2/c1-4-8-15-13(14(18)19)7-10-16(2)11-12-6-5-9-17(12)3/h12-13,15H,4-11H2,1-3H3,(H,18,19). The van der Waals surface area contributed by atoms with E-state index in [2.05, 4.69) is 29.2 Å². The van der Waals surface area contributed by atoms with Gasteiger partial charge in [0, 0.05) is 12.6 Å². The maximum atomic E-state index is 11.1. The molecule has 0 aromatic heterocycles. The summed E-state index contributed by atoms with van der Waals surface area (Å²) in [4.78, 5) is 15.8. The summed E-state index contributed by atoms with van der Waals surface area (Å²) < 4.78 is 0. The number of hydrogen-bond acceptors (Lipinski definition) is 4. The van der Waals surface area contributed by atoms with Crippen LogP contribution in [0.4, 0.5) is 0 Å². The first kappa shape index (κ1) is 16.4. The van der Waals surface area contributed by atoms with E-state index in [1.165, 1.54) is 19.4 Å². The maximum Gasteiger partial charge on any atom is 0.320 e. The first-order chi connectivity index (χ1) is 9.04. The molecule has 1 fully saturated rings. The number of nitrogens with one attached hydrogen (secondary N) is 1. The van der Waals surface area contributed by atoms with Gasteiger partial charge < -0.3 is 20.2 Å². The number of nitrogens with zero attached hydrogens (tertiary/aromatic N) is 2. The summed E-state index contributed by atoms with van der Waals surface area (Å²) in [7, 11) is 4.26. The van der Waals surface area contributed by atoms with Crippen molar-refractivity contribution < 1.29 is 9.90 Å². The molecule has 1 heterocycles. The molecule has 0 spiro atoms. The fraction of sp³-hybridized carbons (Fsp3) is 0.929. The minimum Gasteiger partial charge on any atom is -0.480 e. The molecule has 1 saturated heterocycles. The summed E-state index contributed by atoms with van der Waals surface area (Å²) in [5.74, 6) is -0.736. The van der Waals surface area contributed by atoms with E-state index in [0.717, 1.165) is 26.1 Å². The zero-order valence-electron chi connectivity index (χ0n) is 12.6. The second-order valence-electron chi connectivity index (χ2n) is 5.67. The fourth-order valence-electron chi connectivity index (χ4n) is 2.64. The number of carbonyl (C=O) groups is 1. The van der Waals surface area contributed by atoms with E-state index >= 15 is 0 Å². The van der Waals surface area contributed by atoms with E-state index in [9.17, 15) is 4.79 Å². The van der Waals surface area contributed by atoms with Gasteiger partial charge in [0.1, 0.15) is 6.04 Å². The van der Waals surface area contributed by atoms with Crippen LogP contribution >= 0.6 is 0 Å². The molecule has 0 aromatic rings. The van der Waals surface area contributed by atoms with Crippen molar-refractivity contribution in [2.24, 2.45) is 0 Å². The van der Waals surface area contributed by atoms with E-state index in [4.69, 9.17) is 5.11 Å². The second-order valence-corrected chi connectivity index (χ2v) is 5.67. The first-order valence-electron chi connectivity index (χ1n) is 7.39. The quantitative estimate of drug-likeness (QED) is 0.651. The molecular weight excluding hydrogens is 242 g/mol. The van der Waals surface area contributed by atoms with Crippen LogP contribution in [0.25, 0.3) is 0 Å². The molecule has 2 unspecified atom stereocenters. The third-order valence-corrected chi connectivity index (χ3v) is 3.93. The molecule has 0 aromatic carbocycles. The normalized spacial score (nSPS) is 22.0. The second kappa shape index (κ2) is 8.51. The van der Waals surface area contributed by atoms with Crippen LogP contribution in [-0.2, 0) is 4.79 Å². The Kier molecular flexibility index (Phi) is 7.34. The van der Waals surface area contributed by atoms with Crippen LogP contribution in [0.1, 0.15) is 32.6 Å². The molecule has 2 atom stereocenters. The number of carboxylic acids is 1. The highest BCUT2D eigenvalue weighted by molar-refractivity contribution is 5.73. The van der Waals surface area contributed by atoms with Crippen molar-refractivity contribution >= 4 is 5.97 Å². The predicted molar refractivity (Wildman–Crippen MR) is 77.5 cm³/mol. The average Bonchev–Trinajstić information content (AvgIpc) is 2.74. The highest BCUT2D eigenvalue weighted by Gasteiger charge is 2.23. The van der Waals surface area contributed by atoms with Gasteiger partial charge in [-0.3, -0.25) is 4.79 Å². The summed E-state index contributed by atoms with van der Waals surface area (Å²) in [6, 6.07) is 0.223. The van der Waals surface area contributed by atoms with Crippen molar-refractivity contribution in [1.29, 1.82) is 0 Å². The van der Waals surface area contributed by atoms with Crippen molar-refractivity contribution in [3.05, 3.63) is 0 Å². The SMILES string of the molecule is CCCNC(CCN(C)CC1CCCN1C)C(=O)O. The van der Waals surface area contributed by atoms with Gasteiger partial charge in [0.05, 0.1) is 0 Å². The molecule has 5 heteroatoms. The molecule has 0 radical (unpaired) electrons. The zero-order chi connectivity index (χ0) is 14.3. The summed E-state index contributed by atoms with van der Waals surface area (Å²) in [5.41, 5.74) is 0. The fourth-order valence-corrected chi connectivity index (χ4v) is 2.64. The molecule has 2 N–H and O–H groups in total. The third-order valence-electron chi connectivity index (χ3n) is 3.93. The smallest absolute Gasteiger partial charge is 0.320 e. The maximum absolute atomic E-state index is 11.1. The molecule has 0 bridgehead atoms. The molecule has 19 heavy (non-hydrogen) atoms. The Morgan fingerprint density at radius 3 is 2.84 bits per heavy atom. The molecule has 1 aliphatic rings. The monoisotopic (exact) mass is 271 g/mol. The number of rotatable bonds is 9. The lowest BCUT2D eigenvalue weighted by atomic mass is 10.1. The van der Waals surface area contributed by atoms with Crippen molar-refractivity contribution in [2.75, 3.05) is 40.3 Å². The molecule has 0 amide bonds. The van der Waals surface area contributed by atoms with Crippen LogP contribution in [0.2, 0.25) is 0 Å². The Bertz CT molecular complexity index is 273. The molecule has 5 nitrogen and oxygen atoms in total. The van der Waals surface area contributed by atoms with Crippen molar-refractivity contribution in [3.63, 3.8) is 0 Å². The van der Waals surface area contributed by atoms with Gasteiger partial charge in [-0.05, 0) is 59.4 Å². The van der Waals surface area contributed by atoms with Gasteiger partial charge >= 0.3 is 5.97 Å². The first-order valence-corrected chi connectivity index (χ1v) is 7.39. The van der Waals surface area contributed by atoms with Crippen LogP contribution in [0.15, 0.2) is 0 Å².